The topological polar surface area (TPSA) is 89.0 Å². The Bertz CT molecular complexity index is 1290. The fourth-order valence-electron chi connectivity index (χ4n) is 4.59. The Morgan fingerprint density at radius 1 is 1.17 bits per heavy atom. The van der Waals surface area contributed by atoms with E-state index in [0.717, 1.165) is 5.56 Å². The number of amides is 2. The SMILES string of the molecule is COCCN1C(=O)c2ccccc2N2C(=O)CC[C@]12C(=O)OCc1csc(-c2ccc(F)cc2)n1. The molecular weight excluding hydrogens is 473 g/mol. The molecule has 0 aliphatic carbocycles. The molecule has 1 aromatic heterocycles. The number of rotatable bonds is 7. The van der Waals surface area contributed by atoms with E-state index in [2.05, 4.69) is 4.98 Å². The number of hydrogen-bond acceptors (Lipinski definition) is 7. The largest absolute Gasteiger partial charge is 0.456 e. The number of ether oxygens (including phenoxy) is 2. The zero-order chi connectivity index (χ0) is 24.6. The molecule has 5 rings (SSSR count). The number of para-hydroxylation sites is 1. The Labute approximate surface area is 204 Å². The van der Waals surface area contributed by atoms with Crippen LogP contribution in [0.5, 0.6) is 0 Å². The van der Waals surface area contributed by atoms with Crippen LogP contribution in [0.4, 0.5) is 10.1 Å². The molecule has 0 unspecified atom stereocenters. The van der Waals surface area contributed by atoms with E-state index >= 15 is 0 Å². The van der Waals surface area contributed by atoms with Gasteiger partial charge in [0, 0.05) is 37.4 Å². The number of methoxy groups -OCH3 is 1. The maximum absolute atomic E-state index is 13.6. The number of anilines is 1. The summed E-state index contributed by atoms with van der Waals surface area (Å²) in [7, 11) is 1.51. The monoisotopic (exact) mass is 495 g/mol. The molecule has 1 atom stereocenters. The maximum atomic E-state index is 13.6. The lowest BCUT2D eigenvalue weighted by molar-refractivity contribution is -0.159. The molecule has 0 radical (unpaired) electrons. The van der Waals surface area contributed by atoms with Gasteiger partial charge in [0.2, 0.25) is 11.6 Å². The Morgan fingerprint density at radius 3 is 2.71 bits per heavy atom. The highest BCUT2D eigenvalue weighted by molar-refractivity contribution is 7.13. The zero-order valence-corrected chi connectivity index (χ0v) is 19.7. The van der Waals surface area contributed by atoms with Gasteiger partial charge >= 0.3 is 5.97 Å². The highest BCUT2D eigenvalue weighted by atomic mass is 32.1. The lowest BCUT2D eigenvalue weighted by atomic mass is 9.96. The summed E-state index contributed by atoms with van der Waals surface area (Å²) in [5.41, 5.74) is 0.432. The molecule has 0 bridgehead atoms. The first-order valence-corrected chi connectivity index (χ1v) is 11.9. The molecule has 3 aromatic rings. The summed E-state index contributed by atoms with van der Waals surface area (Å²) in [6, 6.07) is 12.7. The summed E-state index contributed by atoms with van der Waals surface area (Å²) in [6.45, 7) is 0.181. The first-order valence-electron chi connectivity index (χ1n) is 11.1. The van der Waals surface area contributed by atoms with Gasteiger partial charge in [0.25, 0.3) is 5.91 Å². The van der Waals surface area contributed by atoms with Gasteiger partial charge in [-0.1, -0.05) is 12.1 Å². The molecule has 10 heteroatoms. The van der Waals surface area contributed by atoms with Gasteiger partial charge in [-0.3, -0.25) is 14.5 Å². The van der Waals surface area contributed by atoms with Crippen molar-refractivity contribution >= 4 is 34.8 Å². The van der Waals surface area contributed by atoms with Gasteiger partial charge in [-0.15, -0.1) is 11.3 Å². The van der Waals surface area contributed by atoms with Crippen LogP contribution in [0.1, 0.15) is 28.9 Å². The number of esters is 1. The molecule has 2 aliphatic rings. The molecule has 0 spiro atoms. The lowest BCUT2D eigenvalue weighted by Crippen LogP contribution is -2.68. The van der Waals surface area contributed by atoms with E-state index in [1.807, 2.05) is 0 Å². The zero-order valence-electron chi connectivity index (χ0n) is 18.9. The average Bonchev–Trinajstić information content (AvgIpc) is 3.48. The van der Waals surface area contributed by atoms with Gasteiger partial charge in [0.15, 0.2) is 0 Å². The number of aromatic nitrogens is 1. The number of benzene rings is 2. The van der Waals surface area contributed by atoms with Crippen LogP contribution in [-0.2, 0) is 25.7 Å². The molecule has 0 saturated carbocycles. The lowest BCUT2D eigenvalue weighted by Gasteiger charge is -2.48. The number of fused-ring (bicyclic) bond motifs is 3. The van der Waals surface area contributed by atoms with E-state index in [1.165, 1.54) is 40.4 Å². The molecule has 180 valence electrons. The second-order valence-corrected chi connectivity index (χ2v) is 9.10. The quantitative estimate of drug-likeness (QED) is 0.465. The fourth-order valence-corrected chi connectivity index (χ4v) is 5.40. The molecule has 1 fully saturated rings. The standard InChI is InChI=1S/C25H22FN3O5S/c1-33-13-12-28-23(31)19-4-2-3-5-20(19)29-21(30)10-11-25(28,29)24(32)34-14-18-15-35-22(27-18)16-6-8-17(26)9-7-16/h2-9,15H,10-14H2,1H3/t25-/m0/s1. The minimum absolute atomic E-state index is 0.103. The molecule has 0 N–H and O–H groups in total. The number of carbonyl (C=O) groups excluding carboxylic acids is 3. The Morgan fingerprint density at radius 2 is 1.94 bits per heavy atom. The Kier molecular flexibility index (Phi) is 6.08. The van der Waals surface area contributed by atoms with Crippen molar-refractivity contribution in [1.29, 1.82) is 0 Å². The second kappa shape index (κ2) is 9.20. The summed E-state index contributed by atoms with van der Waals surface area (Å²) in [5, 5.41) is 2.42. The molecule has 8 nitrogen and oxygen atoms in total. The van der Waals surface area contributed by atoms with Crippen LogP contribution in [0.2, 0.25) is 0 Å². The average molecular weight is 496 g/mol. The molecule has 35 heavy (non-hydrogen) atoms. The highest BCUT2D eigenvalue weighted by Gasteiger charge is 2.61. The highest BCUT2D eigenvalue weighted by Crippen LogP contribution is 2.45. The van der Waals surface area contributed by atoms with E-state index < -0.39 is 11.6 Å². The van der Waals surface area contributed by atoms with Gasteiger partial charge in [0.05, 0.1) is 23.6 Å². The third-order valence-electron chi connectivity index (χ3n) is 6.21. The van der Waals surface area contributed by atoms with Crippen LogP contribution in [0, 0.1) is 5.82 Å². The Hall–Kier alpha value is -3.63. The summed E-state index contributed by atoms with van der Waals surface area (Å²) in [6.07, 6.45) is 0.220. The normalized spacial score (nSPS) is 19.0. The van der Waals surface area contributed by atoms with Crippen LogP contribution in [0.25, 0.3) is 10.6 Å². The van der Waals surface area contributed by atoms with E-state index in [9.17, 15) is 18.8 Å². The van der Waals surface area contributed by atoms with Crippen LogP contribution in [0.15, 0.2) is 53.9 Å². The molecule has 2 aliphatic heterocycles. The minimum atomic E-state index is -1.59. The third-order valence-corrected chi connectivity index (χ3v) is 7.15. The van der Waals surface area contributed by atoms with E-state index in [0.29, 0.717) is 22.0 Å². The van der Waals surface area contributed by atoms with Crippen LogP contribution >= 0.6 is 11.3 Å². The number of carbonyl (C=O) groups is 3. The van der Waals surface area contributed by atoms with Crippen molar-refractivity contribution in [2.75, 3.05) is 25.2 Å². The number of halogens is 1. The molecule has 2 aromatic carbocycles. The van der Waals surface area contributed by atoms with Crippen molar-refractivity contribution in [3.63, 3.8) is 0 Å². The fraction of sp³-hybridized carbons (Fsp3) is 0.280. The van der Waals surface area contributed by atoms with Gasteiger partial charge in [-0.05, 0) is 36.4 Å². The van der Waals surface area contributed by atoms with E-state index in [1.54, 1.807) is 41.8 Å². The Balaban J connectivity index is 1.43. The molecule has 3 heterocycles. The van der Waals surface area contributed by atoms with Crippen molar-refractivity contribution in [3.8, 4) is 10.6 Å². The van der Waals surface area contributed by atoms with Crippen molar-refractivity contribution < 1.29 is 28.2 Å². The predicted octanol–water partition coefficient (Wildman–Crippen LogP) is 3.62. The van der Waals surface area contributed by atoms with Gasteiger partial charge in [-0.2, -0.15) is 0 Å². The number of hydrogen-bond donors (Lipinski definition) is 0. The number of nitrogens with zero attached hydrogens (tertiary/aromatic N) is 3. The maximum Gasteiger partial charge on any atom is 0.354 e. The minimum Gasteiger partial charge on any atom is -0.456 e. The van der Waals surface area contributed by atoms with E-state index in [-0.39, 0.29) is 50.2 Å². The molecule has 2 amide bonds. The summed E-state index contributed by atoms with van der Waals surface area (Å²) in [4.78, 5) is 47.3. The first-order chi connectivity index (χ1) is 17.0. The summed E-state index contributed by atoms with van der Waals surface area (Å²) in [5.74, 6) is -1.64. The van der Waals surface area contributed by atoms with Crippen molar-refractivity contribution in [2.24, 2.45) is 0 Å². The second-order valence-electron chi connectivity index (χ2n) is 8.24. The smallest absolute Gasteiger partial charge is 0.354 e. The summed E-state index contributed by atoms with van der Waals surface area (Å²) < 4.78 is 24.1. The molecule has 1 saturated heterocycles. The number of thiazole rings is 1. The van der Waals surface area contributed by atoms with Crippen LogP contribution < -0.4 is 4.90 Å². The van der Waals surface area contributed by atoms with Crippen LogP contribution in [-0.4, -0.2) is 53.6 Å². The van der Waals surface area contributed by atoms with E-state index in [4.69, 9.17) is 9.47 Å². The van der Waals surface area contributed by atoms with Crippen molar-refractivity contribution in [2.45, 2.75) is 25.1 Å². The van der Waals surface area contributed by atoms with Crippen LogP contribution in [0.3, 0.4) is 0 Å². The van der Waals surface area contributed by atoms with Gasteiger partial charge in [-0.25, -0.2) is 14.2 Å². The van der Waals surface area contributed by atoms with Gasteiger partial charge < -0.3 is 14.4 Å². The predicted molar refractivity (Wildman–Crippen MR) is 126 cm³/mol. The van der Waals surface area contributed by atoms with Gasteiger partial charge in [0.1, 0.15) is 17.4 Å². The third kappa shape index (κ3) is 3.88. The summed E-state index contributed by atoms with van der Waals surface area (Å²) >= 11 is 1.35. The van der Waals surface area contributed by atoms with Crippen molar-refractivity contribution in [3.05, 3.63) is 71.0 Å². The molecular formula is C25H22FN3O5S. The first kappa shape index (κ1) is 23.1. The van der Waals surface area contributed by atoms with Crippen molar-refractivity contribution in [1.82, 2.24) is 9.88 Å².